The highest BCUT2D eigenvalue weighted by Crippen LogP contribution is 2.37. The van der Waals surface area contributed by atoms with E-state index >= 15 is 0 Å². The van der Waals surface area contributed by atoms with Gasteiger partial charge < -0.3 is 15.4 Å². The van der Waals surface area contributed by atoms with E-state index in [-0.39, 0.29) is 23.6 Å². The van der Waals surface area contributed by atoms with Crippen molar-refractivity contribution in [2.75, 3.05) is 6.61 Å². The minimum absolute atomic E-state index is 0.266. The number of rotatable bonds is 4. The summed E-state index contributed by atoms with van der Waals surface area (Å²) >= 11 is 5.99. The third-order valence-electron chi connectivity index (χ3n) is 4.27. The fraction of sp³-hybridized carbons (Fsp3) is 0.579. The van der Waals surface area contributed by atoms with Crippen molar-refractivity contribution in [2.24, 2.45) is 0 Å². The smallest absolute Gasteiger partial charge is 0.331 e. The maximum atomic E-state index is 12.8. The Hall–Kier alpha value is -1.59. The van der Waals surface area contributed by atoms with Crippen LogP contribution in [0.1, 0.15) is 57.8 Å². The van der Waals surface area contributed by atoms with Crippen molar-refractivity contribution >= 4 is 23.5 Å². The molecule has 1 fully saturated rings. The molecule has 2 rings (SSSR count). The van der Waals surface area contributed by atoms with Crippen molar-refractivity contribution in [1.82, 2.24) is 10.6 Å². The summed E-state index contributed by atoms with van der Waals surface area (Å²) in [6.07, 6.45) is 0.878. The second-order valence-corrected chi connectivity index (χ2v) is 8.45. The van der Waals surface area contributed by atoms with Crippen LogP contribution in [0.5, 0.6) is 0 Å². The summed E-state index contributed by atoms with van der Waals surface area (Å²) in [5.41, 5.74) is -1.34. The monoisotopic (exact) mass is 366 g/mol. The van der Waals surface area contributed by atoms with Crippen LogP contribution in [0, 0.1) is 0 Å². The zero-order valence-corrected chi connectivity index (χ0v) is 16.3. The van der Waals surface area contributed by atoms with Crippen LogP contribution in [0.3, 0.4) is 0 Å². The Morgan fingerprint density at radius 2 is 1.80 bits per heavy atom. The van der Waals surface area contributed by atoms with E-state index in [1.807, 2.05) is 27.7 Å². The van der Waals surface area contributed by atoms with Gasteiger partial charge in [0.1, 0.15) is 5.54 Å². The minimum Gasteiger partial charge on any atom is -0.464 e. The van der Waals surface area contributed by atoms with E-state index in [1.165, 1.54) is 0 Å². The van der Waals surface area contributed by atoms with Crippen molar-refractivity contribution in [3.05, 3.63) is 34.9 Å². The highest BCUT2D eigenvalue weighted by Gasteiger charge is 2.53. The number of amides is 1. The second-order valence-electron chi connectivity index (χ2n) is 8.01. The van der Waals surface area contributed by atoms with Crippen molar-refractivity contribution in [2.45, 2.75) is 64.1 Å². The van der Waals surface area contributed by atoms with Crippen LogP contribution >= 0.6 is 11.6 Å². The van der Waals surface area contributed by atoms with Crippen LogP contribution in [0.4, 0.5) is 0 Å². The molecule has 6 heteroatoms. The molecule has 0 atom stereocenters. The highest BCUT2D eigenvalue weighted by molar-refractivity contribution is 6.31. The lowest BCUT2D eigenvalue weighted by Gasteiger charge is -2.51. The second kappa shape index (κ2) is 6.96. The molecule has 1 saturated heterocycles. The summed E-state index contributed by atoms with van der Waals surface area (Å²) in [7, 11) is 0. The molecule has 2 N–H and O–H groups in total. The fourth-order valence-electron chi connectivity index (χ4n) is 4.05. The number of hydrogen-bond donors (Lipinski definition) is 2. The zero-order chi connectivity index (χ0) is 18.9. The number of hydrogen-bond acceptors (Lipinski definition) is 4. The summed E-state index contributed by atoms with van der Waals surface area (Å²) < 4.78 is 5.32. The van der Waals surface area contributed by atoms with Gasteiger partial charge in [0.05, 0.1) is 6.61 Å². The molecule has 0 bridgehead atoms. The Labute approximate surface area is 154 Å². The first-order valence-electron chi connectivity index (χ1n) is 8.53. The molecule has 0 saturated carbocycles. The van der Waals surface area contributed by atoms with Crippen LogP contribution in [-0.2, 0) is 9.53 Å². The van der Waals surface area contributed by atoms with Crippen molar-refractivity contribution in [3.63, 3.8) is 0 Å². The van der Waals surface area contributed by atoms with Crippen LogP contribution in [0.25, 0.3) is 0 Å². The average molecular weight is 367 g/mol. The van der Waals surface area contributed by atoms with Gasteiger partial charge in [0, 0.05) is 21.7 Å². The lowest BCUT2D eigenvalue weighted by atomic mass is 9.70. The van der Waals surface area contributed by atoms with Gasteiger partial charge in [-0.15, -0.1) is 0 Å². The van der Waals surface area contributed by atoms with E-state index in [0.29, 0.717) is 23.4 Å². The number of ether oxygens (including phenoxy) is 1. The van der Waals surface area contributed by atoms with Crippen LogP contribution in [0.15, 0.2) is 24.3 Å². The molecule has 1 aromatic rings. The predicted molar refractivity (Wildman–Crippen MR) is 98.8 cm³/mol. The molecular formula is C19H27ClN2O3. The molecule has 0 aromatic heterocycles. The Balaban J connectivity index is 2.39. The highest BCUT2D eigenvalue weighted by atomic mass is 35.5. The van der Waals surface area contributed by atoms with Gasteiger partial charge in [-0.2, -0.15) is 0 Å². The maximum Gasteiger partial charge on any atom is 0.331 e. The average Bonchev–Trinajstić information content (AvgIpc) is 2.44. The van der Waals surface area contributed by atoms with E-state index < -0.39 is 11.5 Å². The Morgan fingerprint density at radius 1 is 1.20 bits per heavy atom. The number of piperidine rings is 1. The number of nitrogens with one attached hydrogen (secondary N) is 2. The Morgan fingerprint density at radius 3 is 2.32 bits per heavy atom. The lowest BCUT2D eigenvalue weighted by molar-refractivity contribution is -0.155. The standard InChI is InChI=1S/C19H27ClN2O3/c1-6-25-16(24)19(11-17(2,3)22-18(4,5)12-19)21-15(23)13-8-7-9-14(20)10-13/h7-10,22H,6,11-12H2,1-5H3,(H,21,23). The van der Waals surface area contributed by atoms with Gasteiger partial charge >= 0.3 is 5.97 Å². The van der Waals surface area contributed by atoms with Gasteiger partial charge in [-0.25, -0.2) is 4.79 Å². The molecule has 0 spiro atoms. The predicted octanol–water partition coefficient (Wildman–Crippen LogP) is 3.31. The summed E-state index contributed by atoms with van der Waals surface area (Å²) in [6.45, 7) is 10.1. The first kappa shape index (κ1) is 19.7. The van der Waals surface area contributed by atoms with Crippen LogP contribution in [0.2, 0.25) is 5.02 Å². The molecule has 0 aliphatic carbocycles. The molecule has 1 amide bonds. The summed E-state index contributed by atoms with van der Waals surface area (Å²) in [5.74, 6) is -0.725. The van der Waals surface area contributed by atoms with Gasteiger partial charge in [0.2, 0.25) is 0 Å². The minimum atomic E-state index is -1.09. The first-order chi connectivity index (χ1) is 11.5. The number of carbonyl (C=O) groups is 2. The van der Waals surface area contributed by atoms with Crippen LogP contribution in [-0.4, -0.2) is 35.1 Å². The van der Waals surface area contributed by atoms with E-state index in [4.69, 9.17) is 16.3 Å². The lowest BCUT2D eigenvalue weighted by Crippen LogP contribution is -2.71. The Bertz CT molecular complexity index is 654. The van der Waals surface area contributed by atoms with Gasteiger partial charge in [-0.1, -0.05) is 17.7 Å². The maximum absolute atomic E-state index is 12.8. The zero-order valence-electron chi connectivity index (χ0n) is 15.5. The summed E-state index contributed by atoms with van der Waals surface area (Å²) in [4.78, 5) is 25.6. The molecule has 1 heterocycles. The van der Waals surface area contributed by atoms with Crippen molar-refractivity contribution in [1.29, 1.82) is 0 Å². The van der Waals surface area contributed by atoms with Gasteiger partial charge in [0.15, 0.2) is 0 Å². The quantitative estimate of drug-likeness (QED) is 0.802. The number of esters is 1. The first-order valence-corrected chi connectivity index (χ1v) is 8.91. The number of halogens is 1. The fourth-order valence-corrected chi connectivity index (χ4v) is 4.24. The van der Waals surface area contributed by atoms with E-state index in [2.05, 4.69) is 10.6 Å². The van der Waals surface area contributed by atoms with E-state index in [9.17, 15) is 9.59 Å². The van der Waals surface area contributed by atoms with E-state index in [1.54, 1.807) is 31.2 Å². The van der Waals surface area contributed by atoms with Crippen LogP contribution < -0.4 is 10.6 Å². The molecule has 0 radical (unpaired) electrons. The normalized spacial score (nSPS) is 20.6. The molecule has 5 nitrogen and oxygen atoms in total. The third-order valence-corrected chi connectivity index (χ3v) is 4.51. The topological polar surface area (TPSA) is 67.4 Å². The molecule has 1 aliphatic rings. The molecule has 0 unspecified atom stereocenters. The summed E-state index contributed by atoms with van der Waals surface area (Å²) in [6, 6.07) is 6.69. The van der Waals surface area contributed by atoms with Gasteiger partial charge in [-0.3, -0.25) is 4.79 Å². The van der Waals surface area contributed by atoms with Crippen molar-refractivity contribution < 1.29 is 14.3 Å². The molecule has 1 aliphatic heterocycles. The van der Waals surface area contributed by atoms with E-state index in [0.717, 1.165) is 0 Å². The van der Waals surface area contributed by atoms with Crippen molar-refractivity contribution in [3.8, 4) is 0 Å². The largest absolute Gasteiger partial charge is 0.464 e. The Kier molecular flexibility index (Phi) is 5.50. The number of benzene rings is 1. The molecule has 25 heavy (non-hydrogen) atoms. The molecule has 138 valence electrons. The third kappa shape index (κ3) is 4.73. The molecule has 1 aromatic carbocycles. The number of carbonyl (C=O) groups excluding carboxylic acids is 2. The van der Waals surface area contributed by atoms with Gasteiger partial charge in [0.25, 0.3) is 5.91 Å². The SMILES string of the molecule is CCOC(=O)C1(NC(=O)c2cccc(Cl)c2)CC(C)(C)NC(C)(C)C1. The summed E-state index contributed by atoms with van der Waals surface area (Å²) in [5, 5.41) is 6.96. The molecular weight excluding hydrogens is 340 g/mol. The van der Waals surface area contributed by atoms with Gasteiger partial charge in [-0.05, 0) is 65.7 Å².